The Labute approximate surface area is 228 Å². The van der Waals surface area contributed by atoms with E-state index in [1.807, 2.05) is 26.8 Å². The minimum atomic E-state index is -3.87. The van der Waals surface area contributed by atoms with Crippen LogP contribution in [0.15, 0.2) is 36.7 Å². The lowest BCUT2D eigenvalue weighted by Gasteiger charge is -2.19. The van der Waals surface area contributed by atoms with E-state index in [1.54, 1.807) is 42.1 Å². The zero-order valence-electron chi connectivity index (χ0n) is 22.4. The molecule has 1 aromatic carbocycles. The Morgan fingerprint density at radius 2 is 1.76 bits per heavy atom. The first-order valence-electron chi connectivity index (χ1n) is 11.6. The molecule has 11 nitrogen and oxygen atoms in total. The van der Waals surface area contributed by atoms with Gasteiger partial charge < -0.3 is 14.6 Å². The van der Waals surface area contributed by atoms with Gasteiger partial charge in [-0.15, -0.1) is 21.5 Å². The van der Waals surface area contributed by atoms with E-state index in [0.29, 0.717) is 28.6 Å². The van der Waals surface area contributed by atoms with Gasteiger partial charge in [0.05, 0.1) is 30.2 Å². The van der Waals surface area contributed by atoms with E-state index in [1.165, 1.54) is 25.6 Å². The summed E-state index contributed by atoms with van der Waals surface area (Å²) in [6.45, 7) is 7.44. The van der Waals surface area contributed by atoms with Gasteiger partial charge in [-0.25, -0.2) is 13.4 Å². The number of hydrogen-bond donors (Lipinski definition) is 2. The topological polar surface area (TPSA) is 141 Å². The van der Waals surface area contributed by atoms with E-state index in [9.17, 15) is 8.42 Å². The van der Waals surface area contributed by atoms with E-state index in [-0.39, 0.29) is 13.8 Å². The SMILES string of the molecule is CO.COc1cccc(OC)c1-n1c(NS(=O)(=O)[C@@H](C)Cc2nc(C)c(C)s2)nnc1-c1cncc(C)c1.[HH]. The number of anilines is 1. The van der Waals surface area contributed by atoms with Gasteiger partial charge in [-0.3, -0.25) is 14.3 Å². The number of pyridine rings is 1. The molecule has 0 aliphatic rings. The number of nitrogens with one attached hydrogen (secondary N) is 1. The van der Waals surface area contributed by atoms with Crippen LogP contribution in [0.1, 0.15) is 29.5 Å². The first kappa shape index (κ1) is 29.0. The summed E-state index contributed by atoms with van der Waals surface area (Å²) in [5.74, 6) is 1.30. The summed E-state index contributed by atoms with van der Waals surface area (Å²) in [5.41, 5.74) is 2.94. The maximum atomic E-state index is 13.4. The molecule has 4 rings (SSSR count). The number of aromatic nitrogens is 5. The molecule has 1 atom stereocenters. The van der Waals surface area contributed by atoms with Gasteiger partial charge in [-0.2, -0.15) is 0 Å². The molecular weight excluding hydrogens is 528 g/mol. The average Bonchev–Trinajstić information content (AvgIpc) is 3.45. The predicted octanol–water partition coefficient (Wildman–Crippen LogP) is 3.96. The van der Waals surface area contributed by atoms with E-state index >= 15 is 0 Å². The van der Waals surface area contributed by atoms with E-state index in [2.05, 4.69) is 24.9 Å². The van der Waals surface area contributed by atoms with Gasteiger partial charge in [0.2, 0.25) is 16.0 Å². The number of rotatable bonds is 9. The fourth-order valence-corrected chi connectivity index (χ4v) is 5.82. The first-order chi connectivity index (χ1) is 18.1. The number of benzene rings is 1. The van der Waals surface area contributed by atoms with Crippen molar-refractivity contribution in [2.75, 3.05) is 26.1 Å². The number of methoxy groups -OCH3 is 2. The summed E-state index contributed by atoms with van der Waals surface area (Å²) >= 11 is 1.50. The second kappa shape index (κ2) is 12.3. The van der Waals surface area contributed by atoms with Gasteiger partial charge >= 0.3 is 0 Å². The van der Waals surface area contributed by atoms with Crippen LogP contribution < -0.4 is 14.2 Å². The van der Waals surface area contributed by atoms with Crippen molar-refractivity contribution in [3.05, 3.63) is 57.8 Å². The number of aliphatic hydroxyl groups is 1. The average molecular weight is 563 g/mol. The fourth-order valence-electron chi connectivity index (χ4n) is 3.69. The molecule has 0 amide bonds. The van der Waals surface area contributed by atoms with Crippen LogP contribution in [-0.2, 0) is 16.4 Å². The summed E-state index contributed by atoms with van der Waals surface area (Å²) < 4.78 is 42.2. The van der Waals surface area contributed by atoms with Crippen molar-refractivity contribution in [2.45, 2.75) is 39.4 Å². The predicted molar refractivity (Wildman–Crippen MR) is 150 cm³/mol. The highest BCUT2D eigenvalue weighted by molar-refractivity contribution is 7.93. The Hall–Kier alpha value is -3.55. The quantitative estimate of drug-likeness (QED) is 0.310. The number of nitrogens with zero attached hydrogens (tertiary/aromatic N) is 5. The molecule has 3 heterocycles. The molecule has 4 aromatic rings. The van der Waals surface area contributed by atoms with Crippen molar-refractivity contribution in [2.24, 2.45) is 0 Å². The van der Waals surface area contributed by atoms with Crippen LogP contribution in [0.3, 0.4) is 0 Å². The lowest BCUT2D eigenvalue weighted by atomic mass is 10.2. The van der Waals surface area contributed by atoms with Gasteiger partial charge in [0.15, 0.2) is 5.82 Å². The van der Waals surface area contributed by atoms with Crippen molar-refractivity contribution in [3.8, 4) is 28.6 Å². The van der Waals surface area contributed by atoms with Crippen LogP contribution in [0.5, 0.6) is 11.5 Å². The Kier molecular flexibility index (Phi) is 9.41. The molecule has 2 N–H and O–H groups in total. The summed E-state index contributed by atoms with van der Waals surface area (Å²) in [6, 6.07) is 7.18. The van der Waals surface area contributed by atoms with Crippen LogP contribution in [-0.4, -0.2) is 64.8 Å². The molecule has 0 unspecified atom stereocenters. The van der Waals surface area contributed by atoms with Gasteiger partial charge in [0, 0.05) is 37.8 Å². The van der Waals surface area contributed by atoms with Gasteiger partial charge in [-0.1, -0.05) is 6.07 Å². The molecule has 3 aromatic heterocycles. The highest BCUT2D eigenvalue weighted by Gasteiger charge is 2.28. The van der Waals surface area contributed by atoms with Crippen molar-refractivity contribution < 1.29 is 24.4 Å². The normalized spacial score (nSPS) is 11.9. The molecule has 0 spiro atoms. The third kappa shape index (κ3) is 6.11. The molecule has 0 radical (unpaired) electrons. The van der Waals surface area contributed by atoms with E-state index in [0.717, 1.165) is 28.3 Å². The zero-order valence-corrected chi connectivity index (χ0v) is 24.0. The summed E-state index contributed by atoms with van der Waals surface area (Å²) in [7, 11) is 0.191. The summed E-state index contributed by atoms with van der Waals surface area (Å²) in [6.07, 6.45) is 3.64. The Balaban J connectivity index is 0.00000174. The smallest absolute Gasteiger partial charge is 0.243 e. The molecule has 0 bridgehead atoms. The largest absolute Gasteiger partial charge is 0.494 e. The van der Waals surface area contributed by atoms with Gasteiger partial charge in [-0.05, 0) is 51.5 Å². The summed E-state index contributed by atoms with van der Waals surface area (Å²) in [5, 5.41) is 15.5. The van der Waals surface area contributed by atoms with E-state index in [4.69, 9.17) is 14.6 Å². The van der Waals surface area contributed by atoms with Crippen molar-refractivity contribution >= 4 is 27.3 Å². The van der Waals surface area contributed by atoms with Crippen LogP contribution in [0, 0.1) is 20.8 Å². The monoisotopic (exact) mass is 562 g/mol. The number of para-hydroxylation sites is 1. The molecule has 0 aliphatic heterocycles. The molecule has 0 fully saturated rings. The molecule has 38 heavy (non-hydrogen) atoms. The number of ether oxygens (including phenoxy) is 2. The Bertz CT molecular complexity index is 1460. The van der Waals surface area contributed by atoms with Crippen LogP contribution in [0.25, 0.3) is 17.1 Å². The molecule has 13 heteroatoms. The highest BCUT2D eigenvalue weighted by atomic mass is 32.2. The molecule has 206 valence electrons. The number of thiazole rings is 1. The number of aliphatic hydroxyl groups excluding tert-OH is 1. The van der Waals surface area contributed by atoms with Crippen LogP contribution >= 0.6 is 11.3 Å². The van der Waals surface area contributed by atoms with Gasteiger partial charge in [0.1, 0.15) is 17.2 Å². The first-order valence-corrected chi connectivity index (χ1v) is 14.0. The van der Waals surface area contributed by atoms with Crippen molar-refractivity contribution in [3.63, 3.8) is 0 Å². The van der Waals surface area contributed by atoms with Crippen molar-refractivity contribution in [1.82, 2.24) is 24.7 Å². The lowest BCUT2D eigenvalue weighted by molar-refractivity contribution is 0.391. The maximum absolute atomic E-state index is 13.4. The highest BCUT2D eigenvalue weighted by Crippen LogP contribution is 2.37. The number of aryl methyl sites for hydroxylation is 3. The second-order valence-electron chi connectivity index (χ2n) is 8.36. The van der Waals surface area contributed by atoms with Crippen LogP contribution in [0.4, 0.5) is 5.95 Å². The van der Waals surface area contributed by atoms with E-state index < -0.39 is 15.3 Å². The molecule has 0 aliphatic carbocycles. The second-order valence-corrected chi connectivity index (χ2v) is 11.7. The zero-order chi connectivity index (χ0) is 28.0. The third-order valence-electron chi connectivity index (χ3n) is 5.72. The Morgan fingerprint density at radius 1 is 1.11 bits per heavy atom. The standard InChI is InChI=1S/C24H28N6O4S2.CH4O.H2/c1-14-10-18(13-25-12-14)23-27-28-24(30(23)22-19(33-5)8-7-9-20(22)34-6)29-36(31,32)15(2)11-21-26-16(3)17(4)35-21;1-2;/h7-10,12-13,15H,11H2,1-6H3,(H,28,29);2H,1H3;1H/t15-;;/m0../s1. The molecule has 0 saturated heterocycles. The number of hydrogen-bond acceptors (Lipinski definition) is 10. The third-order valence-corrected chi connectivity index (χ3v) is 8.51. The minimum absolute atomic E-state index is 0. The van der Waals surface area contributed by atoms with Crippen molar-refractivity contribution in [1.29, 1.82) is 0 Å². The summed E-state index contributed by atoms with van der Waals surface area (Å²) in [4.78, 5) is 9.82. The van der Waals surface area contributed by atoms with Crippen LogP contribution in [0.2, 0.25) is 0 Å². The Morgan fingerprint density at radius 3 is 2.32 bits per heavy atom. The number of sulfonamides is 1. The lowest BCUT2D eigenvalue weighted by Crippen LogP contribution is -2.28. The maximum Gasteiger partial charge on any atom is 0.243 e. The molecule has 0 saturated carbocycles. The fraction of sp³-hybridized carbons (Fsp3) is 0.360. The minimum Gasteiger partial charge on any atom is -0.494 e. The van der Waals surface area contributed by atoms with Gasteiger partial charge in [0.25, 0.3) is 0 Å². The molecular formula is C25H34N6O5S2.